The predicted octanol–water partition coefficient (Wildman–Crippen LogP) is 7.04. The minimum atomic E-state index is -0.0954. The molecule has 1 atom stereocenters. The molecule has 1 unspecified atom stereocenters. The quantitative estimate of drug-likeness (QED) is 0.373. The van der Waals surface area contributed by atoms with Crippen LogP contribution in [-0.2, 0) is 9.59 Å². The van der Waals surface area contributed by atoms with Gasteiger partial charge in [-0.05, 0) is 91.0 Å². The van der Waals surface area contributed by atoms with Crippen LogP contribution in [0.15, 0.2) is 36.4 Å². The first-order valence-corrected chi connectivity index (χ1v) is 12.7. The van der Waals surface area contributed by atoms with Gasteiger partial charge in [-0.25, -0.2) is 0 Å². The Bertz CT molecular complexity index is 1040. The minimum absolute atomic E-state index is 0.0190. The Kier molecular flexibility index (Phi) is 6.27. The highest BCUT2D eigenvalue weighted by Gasteiger charge is 2.30. The monoisotopic (exact) mass is 446 g/mol. The molecule has 33 heavy (non-hydrogen) atoms. The Morgan fingerprint density at radius 3 is 1.67 bits per heavy atom. The first-order chi connectivity index (χ1) is 16.0. The zero-order chi connectivity index (χ0) is 22.9. The van der Waals surface area contributed by atoms with E-state index in [1.807, 2.05) is 24.3 Å². The number of hydrogen-bond acceptors (Lipinski definition) is 4. The molecular weight excluding hydrogens is 412 g/mol. The SMILES string of the molecule is CC1CCC(C(=O)Oc2ccc3c(c2)C(C)c2cc(OC(=O)C4CCCCC4)ccc2-3)CC1. The van der Waals surface area contributed by atoms with Gasteiger partial charge in [0.05, 0.1) is 11.8 Å². The Morgan fingerprint density at radius 1 is 0.667 bits per heavy atom. The number of rotatable bonds is 4. The van der Waals surface area contributed by atoms with E-state index >= 15 is 0 Å². The van der Waals surface area contributed by atoms with Crippen LogP contribution in [-0.4, -0.2) is 11.9 Å². The predicted molar refractivity (Wildman–Crippen MR) is 128 cm³/mol. The van der Waals surface area contributed by atoms with E-state index in [4.69, 9.17) is 9.47 Å². The Hall–Kier alpha value is -2.62. The van der Waals surface area contributed by atoms with E-state index in [0.717, 1.165) is 73.6 Å². The highest BCUT2D eigenvalue weighted by Crippen LogP contribution is 2.47. The lowest BCUT2D eigenvalue weighted by Crippen LogP contribution is -2.25. The molecule has 0 aromatic heterocycles. The van der Waals surface area contributed by atoms with Gasteiger partial charge >= 0.3 is 11.9 Å². The average molecular weight is 447 g/mol. The maximum atomic E-state index is 12.7. The molecule has 0 spiro atoms. The van der Waals surface area contributed by atoms with Crippen LogP contribution in [0.4, 0.5) is 0 Å². The molecule has 3 aliphatic rings. The Labute approximate surface area is 196 Å². The van der Waals surface area contributed by atoms with E-state index in [0.29, 0.717) is 17.4 Å². The molecule has 0 amide bonds. The number of carbonyl (C=O) groups excluding carboxylic acids is 2. The van der Waals surface area contributed by atoms with Gasteiger partial charge in [-0.1, -0.05) is 45.2 Å². The molecule has 0 heterocycles. The van der Waals surface area contributed by atoms with E-state index in [9.17, 15) is 9.59 Å². The summed E-state index contributed by atoms with van der Waals surface area (Å²) in [5, 5.41) is 0. The van der Waals surface area contributed by atoms with E-state index in [-0.39, 0.29) is 29.7 Å². The van der Waals surface area contributed by atoms with Crippen LogP contribution in [0.2, 0.25) is 0 Å². The van der Waals surface area contributed by atoms with Crippen LogP contribution in [0.5, 0.6) is 11.5 Å². The average Bonchev–Trinajstić information content (AvgIpc) is 3.11. The van der Waals surface area contributed by atoms with Gasteiger partial charge in [0, 0.05) is 5.92 Å². The molecule has 174 valence electrons. The molecule has 3 aliphatic carbocycles. The smallest absolute Gasteiger partial charge is 0.314 e. The zero-order valence-electron chi connectivity index (χ0n) is 19.8. The summed E-state index contributed by atoms with van der Waals surface area (Å²) in [6.07, 6.45) is 9.37. The number of carbonyl (C=O) groups is 2. The molecular formula is C29H34O4. The van der Waals surface area contributed by atoms with Crippen LogP contribution >= 0.6 is 0 Å². The summed E-state index contributed by atoms with van der Waals surface area (Å²) < 4.78 is 11.6. The summed E-state index contributed by atoms with van der Waals surface area (Å²) in [4.78, 5) is 25.3. The second-order valence-corrected chi connectivity index (χ2v) is 10.4. The molecule has 2 aromatic rings. The second kappa shape index (κ2) is 9.32. The third kappa shape index (κ3) is 4.58. The Morgan fingerprint density at radius 2 is 1.15 bits per heavy atom. The molecule has 0 saturated heterocycles. The lowest BCUT2D eigenvalue weighted by Gasteiger charge is -2.24. The summed E-state index contributed by atoms with van der Waals surface area (Å²) in [6, 6.07) is 11.9. The normalized spacial score (nSPS) is 24.6. The van der Waals surface area contributed by atoms with Crippen molar-refractivity contribution in [3.63, 3.8) is 0 Å². The molecule has 2 fully saturated rings. The second-order valence-electron chi connectivity index (χ2n) is 10.4. The van der Waals surface area contributed by atoms with Crippen molar-refractivity contribution in [2.75, 3.05) is 0 Å². The van der Waals surface area contributed by atoms with Gasteiger partial charge in [0.1, 0.15) is 11.5 Å². The first kappa shape index (κ1) is 22.2. The zero-order valence-corrected chi connectivity index (χ0v) is 19.8. The van der Waals surface area contributed by atoms with Crippen molar-refractivity contribution >= 4 is 11.9 Å². The van der Waals surface area contributed by atoms with E-state index < -0.39 is 0 Å². The number of benzene rings is 2. The highest BCUT2D eigenvalue weighted by molar-refractivity contribution is 5.82. The molecule has 2 aromatic carbocycles. The summed E-state index contributed by atoms with van der Waals surface area (Å²) >= 11 is 0. The maximum absolute atomic E-state index is 12.7. The van der Waals surface area contributed by atoms with E-state index in [1.54, 1.807) is 0 Å². The highest BCUT2D eigenvalue weighted by atomic mass is 16.5. The lowest BCUT2D eigenvalue weighted by molar-refractivity contribution is -0.141. The van der Waals surface area contributed by atoms with Gasteiger partial charge in [-0.3, -0.25) is 9.59 Å². The molecule has 4 heteroatoms. The van der Waals surface area contributed by atoms with Gasteiger partial charge in [0.15, 0.2) is 0 Å². The van der Waals surface area contributed by atoms with Gasteiger partial charge in [-0.2, -0.15) is 0 Å². The Balaban J connectivity index is 1.29. The fourth-order valence-corrected chi connectivity index (χ4v) is 5.82. The number of hydrogen-bond donors (Lipinski definition) is 0. The van der Waals surface area contributed by atoms with Crippen LogP contribution in [0, 0.1) is 17.8 Å². The van der Waals surface area contributed by atoms with Crippen molar-refractivity contribution in [1.29, 1.82) is 0 Å². The van der Waals surface area contributed by atoms with Gasteiger partial charge in [0.2, 0.25) is 0 Å². The topological polar surface area (TPSA) is 52.6 Å². The van der Waals surface area contributed by atoms with Crippen LogP contribution in [0.25, 0.3) is 11.1 Å². The van der Waals surface area contributed by atoms with Crippen LogP contribution < -0.4 is 9.47 Å². The van der Waals surface area contributed by atoms with E-state index in [2.05, 4.69) is 26.0 Å². The number of esters is 2. The fraction of sp³-hybridized carbons (Fsp3) is 0.517. The molecule has 2 saturated carbocycles. The molecule has 0 bridgehead atoms. The number of ether oxygens (including phenoxy) is 2. The molecule has 0 N–H and O–H groups in total. The number of fused-ring (bicyclic) bond motifs is 3. The molecule has 4 nitrogen and oxygen atoms in total. The van der Waals surface area contributed by atoms with Crippen molar-refractivity contribution in [1.82, 2.24) is 0 Å². The lowest BCUT2D eigenvalue weighted by atomic mass is 9.83. The summed E-state index contributed by atoms with van der Waals surface area (Å²) in [5.74, 6) is 1.98. The summed E-state index contributed by atoms with van der Waals surface area (Å²) in [5.41, 5.74) is 4.63. The largest absolute Gasteiger partial charge is 0.426 e. The fourth-order valence-electron chi connectivity index (χ4n) is 5.82. The van der Waals surface area contributed by atoms with Crippen molar-refractivity contribution in [3.8, 4) is 22.6 Å². The molecule has 5 rings (SSSR count). The third-order valence-electron chi connectivity index (χ3n) is 7.99. The summed E-state index contributed by atoms with van der Waals surface area (Å²) in [6.45, 7) is 4.41. The third-order valence-corrected chi connectivity index (χ3v) is 7.99. The van der Waals surface area contributed by atoms with Crippen molar-refractivity contribution < 1.29 is 19.1 Å². The van der Waals surface area contributed by atoms with Crippen molar-refractivity contribution in [2.45, 2.75) is 77.6 Å². The van der Waals surface area contributed by atoms with Crippen molar-refractivity contribution in [3.05, 3.63) is 47.5 Å². The first-order valence-electron chi connectivity index (χ1n) is 12.7. The standard InChI is InChI=1S/C29H34O4/c1-18-8-10-21(11-9-18)29(31)33-23-13-15-25-24-14-12-22(16-26(24)19(2)27(25)17-23)32-28(30)20-6-4-3-5-7-20/h12-21H,3-11H2,1-2H3. The summed E-state index contributed by atoms with van der Waals surface area (Å²) in [7, 11) is 0. The minimum Gasteiger partial charge on any atom is -0.426 e. The van der Waals surface area contributed by atoms with E-state index in [1.165, 1.54) is 6.42 Å². The van der Waals surface area contributed by atoms with Gasteiger partial charge in [0.25, 0.3) is 0 Å². The molecule has 0 aliphatic heterocycles. The van der Waals surface area contributed by atoms with Crippen LogP contribution in [0.3, 0.4) is 0 Å². The van der Waals surface area contributed by atoms with Crippen LogP contribution in [0.1, 0.15) is 88.7 Å². The maximum Gasteiger partial charge on any atom is 0.314 e. The van der Waals surface area contributed by atoms with Gasteiger partial charge < -0.3 is 9.47 Å². The molecule has 0 radical (unpaired) electrons. The van der Waals surface area contributed by atoms with Gasteiger partial charge in [-0.15, -0.1) is 0 Å². The van der Waals surface area contributed by atoms with Crippen molar-refractivity contribution in [2.24, 2.45) is 17.8 Å².